The summed E-state index contributed by atoms with van der Waals surface area (Å²) in [5.41, 5.74) is 1.05. The van der Waals surface area contributed by atoms with Crippen LogP contribution in [-0.2, 0) is 4.79 Å². The standard InChI is InChI=1S/C18H16F3N3O3/c19-18(20,21)27-15-8-6-12(7-9-15)22-17(26)23-13-10-16(25)24(11-13)14-4-2-1-3-5-14/h1-9,13H,10-11H2,(H2,22,23,26)/t13-/m1/s1. The lowest BCUT2D eigenvalue weighted by atomic mass is 10.2. The number of benzene rings is 2. The minimum Gasteiger partial charge on any atom is -0.406 e. The molecule has 2 aromatic carbocycles. The summed E-state index contributed by atoms with van der Waals surface area (Å²) in [6, 6.07) is 13.0. The van der Waals surface area contributed by atoms with Crippen molar-refractivity contribution >= 4 is 23.3 Å². The molecule has 1 atom stereocenters. The van der Waals surface area contributed by atoms with Crippen molar-refractivity contribution in [2.75, 3.05) is 16.8 Å². The number of hydrogen-bond donors (Lipinski definition) is 2. The third-order valence-electron chi connectivity index (χ3n) is 3.87. The van der Waals surface area contributed by atoms with Gasteiger partial charge in [0.2, 0.25) is 5.91 Å². The summed E-state index contributed by atoms with van der Waals surface area (Å²) >= 11 is 0. The zero-order chi connectivity index (χ0) is 19.4. The fourth-order valence-corrected chi connectivity index (χ4v) is 2.75. The molecule has 1 heterocycles. The van der Waals surface area contributed by atoms with E-state index in [0.717, 1.165) is 17.8 Å². The smallest absolute Gasteiger partial charge is 0.406 e. The molecule has 1 fully saturated rings. The van der Waals surface area contributed by atoms with Crippen LogP contribution >= 0.6 is 0 Å². The highest BCUT2D eigenvalue weighted by Crippen LogP contribution is 2.24. The molecule has 3 amide bonds. The SMILES string of the molecule is O=C(Nc1ccc(OC(F)(F)F)cc1)N[C@@H]1CC(=O)N(c2ccccc2)C1. The number of urea groups is 1. The van der Waals surface area contributed by atoms with E-state index >= 15 is 0 Å². The predicted molar refractivity (Wildman–Crippen MR) is 92.5 cm³/mol. The molecule has 0 aliphatic carbocycles. The molecule has 2 aromatic rings. The number of para-hydroxylation sites is 1. The summed E-state index contributed by atoms with van der Waals surface area (Å²) in [6.45, 7) is 0.342. The molecule has 1 aliphatic rings. The van der Waals surface area contributed by atoms with Gasteiger partial charge < -0.3 is 20.3 Å². The van der Waals surface area contributed by atoms with Crippen LogP contribution in [0.15, 0.2) is 54.6 Å². The van der Waals surface area contributed by atoms with Crippen LogP contribution in [0.5, 0.6) is 5.75 Å². The van der Waals surface area contributed by atoms with Crippen LogP contribution in [0.3, 0.4) is 0 Å². The second kappa shape index (κ2) is 7.56. The van der Waals surface area contributed by atoms with E-state index in [0.29, 0.717) is 12.2 Å². The first kappa shape index (κ1) is 18.6. The molecule has 0 spiro atoms. The Kier molecular flexibility index (Phi) is 5.20. The Morgan fingerprint density at radius 1 is 1.07 bits per heavy atom. The van der Waals surface area contributed by atoms with Gasteiger partial charge in [-0.3, -0.25) is 4.79 Å². The average Bonchev–Trinajstić information content (AvgIpc) is 2.96. The van der Waals surface area contributed by atoms with Crippen molar-refractivity contribution in [1.29, 1.82) is 0 Å². The molecule has 6 nitrogen and oxygen atoms in total. The fraction of sp³-hybridized carbons (Fsp3) is 0.222. The highest BCUT2D eigenvalue weighted by Gasteiger charge is 2.32. The Bertz CT molecular complexity index is 810. The first-order chi connectivity index (χ1) is 12.8. The van der Waals surface area contributed by atoms with E-state index in [1.54, 1.807) is 4.90 Å². The first-order valence-corrected chi connectivity index (χ1v) is 8.09. The number of alkyl halides is 3. The summed E-state index contributed by atoms with van der Waals surface area (Å²) < 4.78 is 40.2. The van der Waals surface area contributed by atoms with Crippen LogP contribution in [-0.4, -0.2) is 30.9 Å². The molecule has 0 aromatic heterocycles. The average molecular weight is 379 g/mol. The Hall–Kier alpha value is -3.23. The minimum atomic E-state index is -4.77. The van der Waals surface area contributed by atoms with Crippen LogP contribution in [0.4, 0.5) is 29.3 Å². The Labute approximate surface area is 152 Å². The Morgan fingerprint density at radius 3 is 2.37 bits per heavy atom. The van der Waals surface area contributed by atoms with Crippen molar-refractivity contribution in [3.8, 4) is 5.75 Å². The van der Waals surface area contributed by atoms with Crippen molar-refractivity contribution in [3.63, 3.8) is 0 Å². The summed E-state index contributed by atoms with van der Waals surface area (Å²) in [7, 11) is 0. The van der Waals surface area contributed by atoms with E-state index in [-0.39, 0.29) is 24.1 Å². The van der Waals surface area contributed by atoms with E-state index in [2.05, 4.69) is 15.4 Å². The Balaban J connectivity index is 1.53. The molecular formula is C18H16F3N3O3. The molecule has 1 aliphatic heterocycles. The van der Waals surface area contributed by atoms with Crippen molar-refractivity contribution in [1.82, 2.24) is 5.32 Å². The van der Waals surface area contributed by atoms with Gasteiger partial charge in [-0.2, -0.15) is 0 Å². The maximum absolute atomic E-state index is 12.1. The lowest BCUT2D eigenvalue weighted by Crippen LogP contribution is -2.39. The number of carbonyl (C=O) groups excluding carboxylic acids is 2. The summed E-state index contributed by atoms with van der Waals surface area (Å²) in [4.78, 5) is 25.8. The highest BCUT2D eigenvalue weighted by molar-refractivity contribution is 5.97. The number of nitrogens with one attached hydrogen (secondary N) is 2. The van der Waals surface area contributed by atoms with E-state index in [1.165, 1.54) is 12.1 Å². The molecule has 0 unspecified atom stereocenters. The van der Waals surface area contributed by atoms with Gasteiger partial charge in [-0.15, -0.1) is 13.2 Å². The Morgan fingerprint density at radius 2 is 1.74 bits per heavy atom. The van der Waals surface area contributed by atoms with Crippen LogP contribution in [0.25, 0.3) is 0 Å². The van der Waals surface area contributed by atoms with Gasteiger partial charge in [0.15, 0.2) is 0 Å². The van der Waals surface area contributed by atoms with E-state index in [9.17, 15) is 22.8 Å². The van der Waals surface area contributed by atoms with Gasteiger partial charge in [0.25, 0.3) is 0 Å². The number of rotatable bonds is 4. The number of amides is 3. The molecule has 0 radical (unpaired) electrons. The molecule has 0 saturated carbocycles. The first-order valence-electron chi connectivity index (χ1n) is 8.09. The second-order valence-electron chi connectivity index (χ2n) is 5.91. The molecule has 3 rings (SSSR count). The van der Waals surface area contributed by atoms with Crippen LogP contribution < -0.4 is 20.3 Å². The normalized spacial score (nSPS) is 16.9. The number of nitrogens with zero attached hydrogens (tertiary/aromatic N) is 1. The quantitative estimate of drug-likeness (QED) is 0.854. The number of carbonyl (C=O) groups is 2. The zero-order valence-corrected chi connectivity index (χ0v) is 14.0. The third kappa shape index (κ3) is 5.13. The molecule has 2 N–H and O–H groups in total. The van der Waals surface area contributed by atoms with Gasteiger partial charge >= 0.3 is 12.4 Å². The van der Waals surface area contributed by atoms with Crippen LogP contribution in [0.2, 0.25) is 0 Å². The lowest BCUT2D eigenvalue weighted by Gasteiger charge is -2.17. The van der Waals surface area contributed by atoms with Gasteiger partial charge in [-0.25, -0.2) is 4.79 Å². The number of ether oxygens (including phenoxy) is 1. The van der Waals surface area contributed by atoms with Gasteiger partial charge in [0.1, 0.15) is 5.75 Å². The largest absolute Gasteiger partial charge is 0.573 e. The molecule has 9 heteroatoms. The van der Waals surface area contributed by atoms with Crippen LogP contribution in [0.1, 0.15) is 6.42 Å². The maximum atomic E-state index is 12.1. The molecule has 0 bridgehead atoms. The maximum Gasteiger partial charge on any atom is 0.573 e. The van der Waals surface area contributed by atoms with Crippen molar-refractivity contribution in [2.45, 2.75) is 18.8 Å². The third-order valence-corrected chi connectivity index (χ3v) is 3.87. The van der Waals surface area contributed by atoms with Gasteiger partial charge in [0, 0.05) is 24.3 Å². The van der Waals surface area contributed by atoms with Crippen molar-refractivity contribution < 1.29 is 27.5 Å². The summed E-state index contributed by atoms with van der Waals surface area (Å²) in [5.74, 6) is -0.478. The van der Waals surface area contributed by atoms with Gasteiger partial charge in [-0.1, -0.05) is 18.2 Å². The van der Waals surface area contributed by atoms with E-state index in [1.807, 2.05) is 30.3 Å². The highest BCUT2D eigenvalue weighted by atomic mass is 19.4. The second-order valence-corrected chi connectivity index (χ2v) is 5.91. The van der Waals surface area contributed by atoms with Crippen molar-refractivity contribution in [3.05, 3.63) is 54.6 Å². The fourth-order valence-electron chi connectivity index (χ4n) is 2.75. The minimum absolute atomic E-state index is 0.0971. The zero-order valence-electron chi connectivity index (χ0n) is 14.0. The van der Waals surface area contributed by atoms with Gasteiger partial charge in [0.05, 0.1) is 6.04 Å². The lowest BCUT2D eigenvalue weighted by molar-refractivity contribution is -0.274. The number of halogens is 3. The number of hydrogen-bond acceptors (Lipinski definition) is 3. The summed E-state index contributed by atoms with van der Waals surface area (Å²) in [6.07, 6.45) is -4.60. The van der Waals surface area contributed by atoms with Crippen molar-refractivity contribution in [2.24, 2.45) is 0 Å². The monoisotopic (exact) mass is 379 g/mol. The predicted octanol–water partition coefficient (Wildman–Crippen LogP) is 3.51. The molecular weight excluding hydrogens is 363 g/mol. The van der Waals surface area contributed by atoms with Crippen LogP contribution in [0, 0.1) is 0 Å². The number of anilines is 2. The van der Waals surface area contributed by atoms with E-state index < -0.39 is 12.4 Å². The summed E-state index contributed by atoms with van der Waals surface area (Å²) in [5, 5.41) is 5.20. The van der Waals surface area contributed by atoms with Gasteiger partial charge in [-0.05, 0) is 36.4 Å². The van der Waals surface area contributed by atoms with E-state index in [4.69, 9.17) is 0 Å². The topological polar surface area (TPSA) is 70.7 Å². The molecule has 142 valence electrons. The molecule has 27 heavy (non-hydrogen) atoms. The molecule has 1 saturated heterocycles.